The van der Waals surface area contributed by atoms with Crippen LogP contribution in [0.4, 0.5) is 0 Å². The van der Waals surface area contributed by atoms with Gasteiger partial charge < -0.3 is 29.0 Å². The Morgan fingerprint density at radius 1 is 1.38 bits per heavy atom. The monoisotopic (exact) mass is 256 g/mol. The van der Waals surface area contributed by atoms with Gasteiger partial charge in [0.05, 0.1) is 0 Å². The van der Waals surface area contributed by atoms with Gasteiger partial charge in [0.2, 0.25) is 0 Å². The number of carboxylic acids is 1. The number of unbranched alkanes of at least 4 members (excludes halogenated alkanes) is 1. The van der Waals surface area contributed by atoms with E-state index in [2.05, 4.69) is 0 Å². The van der Waals surface area contributed by atoms with Crippen molar-refractivity contribution in [2.45, 2.75) is 25.3 Å². The maximum absolute atomic E-state index is 10.1. The Morgan fingerprint density at radius 2 is 1.85 bits per heavy atom. The molecule has 0 radical (unpaired) electrons. The summed E-state index contributed by atoms with van der Waals surface area (Å²) < 4.78 is 0. The summed E-state index contributed by atoms with van der Waals surface area (Å²) >= 11 is 0. The van der Waals surface area contributed by atoms with E-state index in [9.17, 15) is 4.79 Å². The molecular formula is C6H15Cl2KN2O2. The molecule has 0 aliphatic carbocycles. The van der Waals surface area contributed by atoms with Gasteiger partial charge in [-0.05, 0) is 19.4 Å². The number of rotatable bonds is 5. The number of aliphatic carboxylic acids is 1. The summed E-state index contributed by atoms with van der Waals surface area (Å²) in [6, 6.07) is -0.716. The van der Waals surface area contributed by atoms with Crippen molar-refractivity contribution in [3.05, 3.63) is 0 Å². The van der Waals surface area contributed by atoms with Crippen LogP contribution in [0.15, 0.2) is 0 Å². The molecule has 0 rings (SSSR count). The van der Waals surface area contributed by atoms with E-state index in [4.69, 9.17) is 16.6 Å². The summed E-state index contributed by atoms with van der Waals surface area (Å²) in [6.45, 7) is 0.604. The summed E-state index contributed by atoms with van der Waals surface area (Å²) in [4.78, 5) is 10.1. The van der Waals surface area contributed by atoms with Crippen LogP contribution in [0.5, 0.6) is 0 Å². The first-order valence-electron chi connectivity index (χ1n) is 3.37. The van der Waals surface area contributed by atoms with Crippen LogP contribution in [0.25, 0.3) is 0 Å². The fraction of sp³-hybridized carbons (Fsp3) is 0.833. The van der Waals surface area contributed by atoms with Crippen molar-refractivity contribution in [2.24, 2.45) is 11.5 Å². The summed E-state index contributed by atoms with van der Waals surface area (Å²) in [5.41, 5.74) is 10.4. The molecule has 0 saturated carbocycles. The number of hydrogen-bond acceptors (Lipinski definition) is 3. The van der Waals surface area contributed by atoms with E-state index >= 15 is 0 Å². The molecule has 0 aliphatic heterocycles. The van der Waals surface area contributed by atoms with Gasteiger partial charge in [-0.15, -0.1) is 12.4 Å². The van der Waals surface area contributed by atoms with E-state index in [0.717, 1.165) is 12.8 Å². The van der Waals surface area contributed by atoms with Gasteiger partial charge in [0, 0.05) is 0 Å². The largest absolute Gasteiger partial charge is 1.00 e. The smallest absolute Gasteiger partial charge is 1.00 e. The van der Waals surface area contributed by atoms with Gasteiger partial charge in [-0.3, -0.25) is 4.79 Å². The molecule has 1 atom stereocenters. The van der Waals surface area contributed by atoms with E-state index < -0.39 is 12.0 Å². The molecule has 13 heavy (non-hydrogen) atoms. The third kappa shape index (κ3) is 16.3. The summed E-state index contributed by atoms with van der Waals surface area (Å²) in [5, 5.41) is 8.33. The number of carbonyl (C=O) groups is 1. The predicted octanol–water partition coefficient (Wildman–Crippen LogP) is -6.04. The van der Waals surface area contributed by atoms with Gasteiger partial charge in [0.1, 0.15) is 6.04 Å². The van der Waals surface area contributed by atoms with Crippen LogP contribution in [0, 0.1) is 0 Å². The molecule has 0 aromatic rings. The van der Waals surface area contributed by atoms with Crippen molar-refractivity contribution in [3.63, 3.8) is 0 Å². The predicted molar refractivity (Wildman–Crippen MR) is 45.8 cm³/mol. The van der Waals surface area contributed by atoms with Crippen LogP contribution in [0.1, 0.15) is 19.3 Å². The molecule has 0 aliphatic rings. The fourth-order valence-corrected chi connectivity index (χ4v) is 0.632. The molecule has 5 N–H and O–H groups in total. The van der Waals surface area contributed by atoms with Crippen molar-refractivity contribution < 1.29 is 73.7 Å². The van der Waals surface area contributed by atoms with Crippen LogP contribution in [-0.4, -0.2) is 23.7 Å². The maximum atomic E-state index is 10.1. The average Bonchev–Trinajstić information content (AvgIpc) is 1.88. The van der Waals surface area contributed by atoms with E-state index in [1.165, 1.54) is 0 Å². The van der Waals surface area contributed by atoms with Crippen molar-refractivity contribution >= 4 is 18.4 Å². The minimum Gasteiger partial charge on any atom is -1.00 e. The van der Waals surface area contributed by atoms with Gasteiger partial charge >= 0.3 is 57.4 Å². The van der Waals surface area contributed by atoms with Crippen molar-refractivity contribution in [2.75, 3.05) is 6.54 Å². The van der Waals surface area contributed by atoms with E-state index in [1.54, 1.807) is 0 Å². The van der Waals surface area contributed by atoms with E-state index in [-0.39, 0.29) is 76.2 Å². The zero-order chi connectivity index (χ0) is 7.98. The quantitative estimate of drug-likeness (QED) is 0.338. The molecule has 0 fully saturated rings. The second-order valence-corrected chi connectivity index (χ2v) is 2.23. The molecule has 0 aromatic heterocycles. The Hall–Kier alpha value is 1.61. The molecule has 0 saturated heterocycles. The number of nitrogens with two attached hydrogens (primary N) is 2. The first kappa shape index (κ1) is 24.0. The van der Waals surface area contributed by atoms with E-state index in [1.807, 2.05) is 0 Å². The number of carboxylic acid groups (broad SMARTS) is 1. The van der Waals surface area contributed by atoms with Crippen LogP contribution >= 0.6 is 12.4 Å². The second-order valence-electron chi connectivity index (χ2n) is 2.23. The summed E-state index contributed by atoms with van der Waals surface area (Å²) in [7, 11) is 0. The summed E-state index contributed by atoms with van der Waals surface area (Å²) in [5.74, 6) is -0.933. The number of halogens is 2. The van der Waals surface area contributed by atoms with Crippen molar-refractivity contribution in [1.82, 2.24) is 0 Å². The molecular weight excluding hydrogens is 242 g/mol. The average molecular weight is 257 g/mol. The van der Waals surface area contributed by atoms with Gasteiger partial charge in [-0.1, -0.05) is 6.42 Å². The maximum Gasteiger partial charge on any atom is 1.00 e. The molecule has 76 valence electrons. The molecule has 0 heterocycles. The Labute approximate surface area is 133 Å². The molecule has 0 bridgehead atoms. The minimum absolute atomic E-state index is 0. The molecule has 7 heteroatoms. The van der Waals surface area contributed by atoms with Crippen LogP contribution < -0.4 is 75.3 Å². The normalized spacial score (nSPS) is 10.0. The molecule has 0 aromatic carbocycles. The van der Waals surface area contributed by atoms with Gasteiger partial charge in [0.25, 0.3) is 0 Å². The van der Waals surface area contributed by atoms with Crippen LogP contribution in [0.2, 0.25) is 0 Å². The SMILES string of the molecule is Cl.NCCCC[C@H](N)C(=O)O.[Cl-].[K+]. The third-order valence-electron chi connectivity index (χ3n) is 1.29. The molecule has 4 nitrogen and oxygen atoms in total. The summed E-state index contributed by atoms with van der Waals surface area (Å²) in [6.07, 6.45) is 2.16. The van der Waals surface area contributed by atoms with Gasteiger partial charge in [0.15, 0.2) is 0 Å². The van der Waals surface area contributed by atoms with Crippen molar-refractivity contribution in [3.8, 4) is 0 Å². The molecule has 0 amide bonds. The van der Waals surface area contributed by atoms with Gasteiger partial charge in [-0.25, -0.2) is 0 Å². The molecule has 0 unspecified atom stereocenters. The fourth-order valence-electron chi connectivity index (χ4n) is 0.632. The Morgan fingerprint density at radius 3 is 2.15 bits per heavy atom. The standard InChI is InChI=1S/C6H14N2O2.2ClH.K/c7-4-2-1-3-5(8)6(9)10;;;/h5H,1-4,7-8H2,(H,9,10);2*1H;/q;;;+1/p-1/t5-;;;/m0.../s1. The minimum atomic E-state index is -0.933. The Bertz CT molecular complexity index is 119. The van der Waals surface area contributed by atoms with Gasteiger partial charge in [-0.2, -0.15) is 0 Å². The second kappa shape index (κ2) is 16.1. The zero-order valence-electron chi connectivity index (χ0n) is 7.70. The van der Waals surface area contributed by atoms with E-state index in [0.29, 0.717) is 13.0 Å². The first-order chi connectivity index (χ1) is 4.68. The first-order valence-corrected chi connectivity index (χ1v) is 3.37. The molecule has 0 spiro atoms. The third-order valence-corrected chi connectivity index (χ3v) is 1.29. The Balaban J connectivity index is -0.000000135. The van der Waals surface area contributed by atoms with Crippen LogP contribution in [0.3, 0.4) is 0 Å². The Kier molecular flexibility index (Phi) is 29.7. The zero-order valence-corrected chi connectivity index (χ0v) is 12.4. The number of hydrogen-bond donors (Lipinski definition) is 3. The topological polar surface area (TPSA) is 89.3 Å². The van der Waals surface area contributed by atoms with Crippen molar-refractivity contribution in [1.29, 1.82) is 0 Å². The van der Waals surface area contributed by atoms with Crippen LogP contribution in [-0.2, 0) is 4.79 Å².